The van der Waals surface area contributed by atoms with Gasteiger partial charge in [-0.3, -0.25) is 0 Å². The number of fused-ring (bicyclic) bond motifs is 1. The third-order valence-electron chi connectivity index (χ3n) is 3.99. The molecule has 0 spiro atoms. The number of rotatable bonds is 1. The smallest absolute Gasteiger partial charge is 0.321 e. The molecule has 0 bridgehead atoms. The van der Waals surface area contributed by atoms with Crippen molar-refractivity contribution < 1.29 is 9.90 Å². The van der Waals surface area contributed by atoms with Crippen LogP contribution in [0.2, 0.25) is 10.0 Å². The molecule has 1 aromatic rings. The van der Waals surface area contributed by atoms with Crippen molar-refractivity contribution in [3.63, 3.8) is 0 Å². The van der Waals surface area contributed by atoms with Gasteiger partial charge in [0.05, 0.1) is 16.8 Å². The van der Waals surface area contributed by atoms with E-state index < -0.39 is 0 Å². The van der Waals surface area contributed by atoms with Gasteiger partial charge in [-0.1, -0.05) is 23.2 Å². The highest BCUT2D eigenvalue weighted by Gasteiger charge is 2.47. The molecule has 6 heteroatoms. The number of aliphatic hydroxyl groups is 1. The summed E-state index contributed by atoms with van der Waals surface area (Å²) < 4.78 is 0. The van der Waals surface area contributed by atoms with Crippen LogP contribution in [-0.2, 0) is 0 Å². The summed E-state index contributed by atoms with van der Waals surface area (Å²) in [5.74, 6) is 0.688. The summed E-state index contributed by atoms with van der Waals surface area (Å²) in [6, 6.07) is 4.78. The van der Waals surface area contributed by atoms with Gasteiger partial charge in [-0.15, -0.1) is 0 Å². The fourth-order valence-electron chi connectivity index (χ4n) is 2.82. The molecular formula is C13H14Cl2N2O2. The predicted octanol–water partition coefficient (Wildman–Crippen LogP) is 2.84. The van der Waals surface area contributed by atoms with Gasteiger partial charge >= 0.3 is 6.03 Å². The summed E-state index contributed by atoms with van der Waals surface area (Å²) in [6.07, 6.45) is 0.554. The first-order valence-electron chi connectivity index (χ1n) is 6.23. The van der Waals surface area contributed by atoms with Crippen molar-refractivity contribution in [3.8, 4) is 0 Å². The zero-order chi connectivity index (χ0) is 13.6. The summed E-state index contributed by atoms with van der Waals surface area (Å²) in [6.45, 7) is 1.32. The lowest BCUT2D eigenvalue weighted by molar-refractivity contribution is -0.00421. The van der Waals surface area contributed by atoms with Crippen molar-refractivity contribution in [2.45, 2.75) is 12.5 Å². The van der Waals surface area contributed by atoms with Gasteiger partial charge in [0.15, 0.2) is 0 Å². The average Bonchev–Trinajstić information content (AvgIpc) is 2.70. The van der Waals surface area contributed by atoms with Crippen LogP contribution in [0.25, 0.3) is 0 Å². The van der Waals surface area contributed by atoms with Crippen molar-refractivity contribution in [2.75, 3.05) is 18.4 Å². The van der Waals surface area contributed by atoms with Crippen LogP contribution >= 0.6 is 23.2 Å². The van der Waals surface area contributed by atoms with Gasteiger partial charge in [0.2, 0.25) is 0 Å². The van der Waals surface area contributed by atoms with E-state index in [4.69, 9.17) is 23.2 Å². The van der Waals surface area contributed by atoms with Gasteiger partial charge in [0.1, 0.15) is 0 Å². The number of carbonyl (C=O) groups is 1. The molecular weight excluding hydrogens is 287 g/mol. The molecule has 3 atom stereocenters. The first-order chi connectivity index (χ1) is 9.04. The fraction of sp³-hybridized carbons (Fsp3) is 0.462. The number of aliphatic hydroxyl groups excluding tert-OH is 1. The second kappa shape index (κ2) is 4.85. The van der Waals surface area contributed by atoms with Crippen LogP contribution in [0.15, 0.2) is 18.2 Å². The number of nitrogens with zero attached hydrogens (tertiary/aromatic N) is 1. The van der Waals surface area contributed by atoms with E-state index in [0.29, 0.717) is 34.7 Å². The molecule has 1 aromatic carbocycles. The van der Waals surface area contributed by atoms with E-state index in [2.05, 4.69) is 5.32 Å². The zero-order valence-corrected chi connectivity index (χ0v) is 11.7. The number of halogens is 2. The first-order valence-corrected chi connectivity index (χ1v) is 6.99. The van der Waals surface area contributed by atoms with Crippen molar-refractivity contribution >= 4 is 34.9 Å². The lowest BCUT2D eigenvalue weighted by Crippen LogP contribution is -2.40. The maximum atomic E-state index is 12.1. The van der Waals surface area contributed by atoms with Gasteiger partial charge in [-0.2, -0.15) is 0 Å². The number of carbonyl (C=O) groups excluding carboxylic acids is 1. The molecule has 2 N–H and O–H groups in total. The Balaban J connectivity index is 1.65. The Kier molecular flexibility index (Phi) is 3.33. The Morgan fingerprint density at radius 3 is 2.79 bits per heavy atom. The van der Waals surface area contributed by atoms with E-state index in [1.54, 1.807) is 23.1 Å². The van der Waals surface area contributed by atoms with Crippen molar-refractivity contribution in [1.29, 1.82) is 0 Å². The molecule has 2 fully saturated rings. The van der Waals surface area contributed by atoms with E-state index >= 15 is 0 Å². The fourth-order valence-corrected chi connectivity index (χ4v) is 3.28. The summed E-state index contributed by atoms with van der Waals surface area (Å²) in [5, 5.41) is 13.3. The highest BCUT2D eigenvalue weighted by molar-refractivity contribution is 6.36. The van der Waals surface area contributed by atoms with Gasteiger partial charge in [-0.05, 0) is 30.5 Å². The topological polar surface area (TPSA) is 52.6 Å². The van der Waals surface area contributed by atoms with Crippen molar-refractivity contribution in [2.24, 2.45) is 11.8 Å². The standard InChI is InChI=1S/C13H14Cl2N2O2/c14-8-1-2-11(10(15)4-8)16-13(19)17-5-7-3-12(18)9(7)6-17/h1-2,4,7,9,12,18H,3,5-6H2,(H,16,19)/t7-,9+,12-/m1/s1. The monoisotopic (exact) mass is 300 g/mol. The van der Waals surface area contributed by atoms with Gasteiger partial charge in [-0.25, -0.2) is 4.79 Å². The van der Waals surface area contributed by atoms with E-state index in [0.717, 1.165) is 6.42 Å². The molecule has 3 rings (SSSR count). The molecule has 102 valence electrons. The number of urea groups is 1. The van der Waals surface area contributed by atoms with Crippen LogP contribution < -0.4 is 5.32 Å². The second-order valence-corrected chi connectivity index (χ2v) is 6.03. The Labute approximate surface area is 121 Å². The number of amides is 2. The molecule has 2 aliphatic rings. The normalized spacial score (nSPS) is 28.8. The predicted molar refractivity (Wildman–Crippen MR) is 74.7 cm³/mol. The van der Waals surface area contributed by atoms with E-state index in [1.807, 2.05) is 0 Å². The van der Waals surface area contributed by atoms with Crippen LogP contribution in [0.3, 0.4) is 0 Å². The molecule has 0 aromatic heterocycles. The summed E-state index contributed by atoms with van der Waals surface area (Å²) in [7, 11) is 0. The van der Waals surface area contributed by atoms with E-state index in [9.17, 15) is 9.90 Å². The number of hydrogen-bond donors (Lipinski definition) is 2. The second-order valence-electron chi connectivity index (χ2n) is 5.19. The molecule has 4 nitrogen and oxygen atoms in total. The number of likely N-dealkylation sites (tertiary alicyclic amines) is 1. The van der Waals surface area contributed by atoms with Gasteiger partial charge < -0.3 is 15.3 Å². The Bertz CT molecular complexity index is 523. The van der Waals surface area contributed by atoms with Crippen LogP contribution in [0.5, 0.6) is 0 Å². The molecule has 0 unspecified atom stereocenters. The maximum absolute atomic E-state index is 12.1. The van der Waals surface area contributed by atoms with Crippen LogP contribution in [-0.4, -0.2) is 35.2 Å². The molecule has 1 saturated heterocycles. The average molecular weight is 301 g/mol. The Morgan fingerprint density at radius 2 is 2.16 bits per heavy atom. The molecule has 1 saturated carbocycles. The van der Waals surface area contributed by atoms with Crippen LogP contribution in [0.1, 0.15) is 6.42 Å². The molecule has 1 aliphatic carbocycles. The van der Waals surface area contributed by atoms with E-state index in [1.165, 1.54) is 0 Å². The summed E-state index contributed by atoms with van der Waals surface area (Å²) in [4.78, 5) is 13.9. The highest BCUT2D eigenvalue weighted by atomic mass is 35.5. The minimum Gasteiger partial charge on any atom is -0.393 e. The number of hydrogen-bond acceptors (Lipinski definition) is 2. The molecule has 0 radical (unpaired) electrons. The van der Waals surface area contributed by atoms with Gasteiger partial charge in [0.25, 0.3) is 0 Å². The Hall–Kier alpha value is -0.970. The third-order valence-corrected chi connectivity index (χ3v) is 4.54. The quantitative estimate of drug-likeness (QED) is 0.838. The molecule has 2 amide bonds. The molecule has 19 heavy (non-hydrogen) atoms. The molecule has 1 aliphatic heterocycles. The largest absolute Gasteiger partial charge is 0.393 e. The van der Waals surface area contributed by atoms with Gasteiger partial charge in [0, 0.05) is 24.0 Å². The summed E-state index contributed by atoms with van der Waals surface area (Å²) in [5.41, 5.74) is 0.552. The van der Waals surface area contributed by atoms with Crippen molar-refractivity contribution in [3.05, 3.63) is 28.2 Å². The Morgan fingerprint density at radius 1 is 1.37 bits per heavy atom. The lowest BCUT2D eigenvalue weighted by atomic mass is 9.74. The minimum atomic E-state index is -0.248. The maximum Gasteiger partial charge on any atom is 0.321 e. The van der Waals surface area contributed by atoms with Crippen molar-refractivity contribution in [1.82, 2.24) is 4.90 Å². The third kappa shape index (κ3) is 2.40. The van der Waals surface area contributed by atoms with Crippen LogP contribution in [0.4, 0.5) is 10.5 Å². The number of benzene rings is 1. The zero-order valence-electron chi connectivity index (χ0n) is 10.1. The number of anilines is 1. The summed E-state index contributed by atoms with van der Waals surface area (Å²) >= 11 is 11.8. The highest BCUT2D eigenvalue weighted by Crippen LogP contribution is 2.41. The first kappa shape index (κ1) is 13.0. The molecule has 1 heterocycles. The minimum absolute atomic E-state index is 0.175. The number of nitrogens with one attached hydrogen (secondary N) is 1. The SMILES string of the molecule is O=C(Nc1ccc(Cl)cc1Cl)N1C[C@H]2C[C@@H](O)[C@H]2C1. The van der Waals surface area contributed by atoms with E-state index in [-0.39, 0.29) is 18.1 Å². The van der Waals surface area contributed by atoms with Crippen LogP contribution in [0, 0.1) is 11.8 Å². The lowest BCUT2D eigenvalue weighted by Gasteiger charge is -2.34.